The maximum Gasteiger partial charge on any atom is 0.0832 e. The molecule has 2 nitrogen and oxygen atoms in total. The van der Waals surface area contributed by atoms with Crippen molar-refractivity contribution in [2.24, 2.45) is 17.6 Å². The van der Waals surface area contributed by atoms with Gasteiger partial charge in [-0.15, -0.1) is 0 Å². The van der Waals surface area contributed by atoms with E-state index in [1.54, 1.807) is 0 Å². The van der Waals surface area contributed by atoms with Crippen LogP contribution in [0.5, 0.6) is 0 Å². The third-order valence-corrected chi connectivity index (χ3v) is 3.31. The lowest BCUT2D eigenvalue weighted by molar-refractivity contribution is -0.0452. The largest absolute Gasteiger partial charge is 0.373 e. The van der Waals surface area contributed by atoms with Crippen LogP contribution in [0.4, 0.5) is 0 Å². The molecule has 2 N–H and O–H groups in total. The van der Waals surface area contributed by atoms with Gasteiger partial charge in [-0.3, -0.25) is 0 Å². The minimum Gasteiger partial charge on any atom is -0.373 e. The van der Waals surface area contributed by atoms with Crippen molar-refractivity contribution in [2.75, 3.05) is 13.2 Å². The highest BCUT2D eigenvalue weighted by molar-refractivity contribution is 4.91. The average molecular weight is 171 g/mol. The monoisotopic (exact) mass is 171 g/mol. The fourth-order valence-corrected chi connectivity index (χ4v) is 2.03. The number of rotatable bonds is 3. The van der Waals surface area contributed by atoms with Crippen LogP contribution >= 0.6 is 0 Å². The molecule has 2 heteroatoms. The van der Waals surface area contributed by atoms with Crippen molar-refractivity contribution >= 4 is 0 Å². The Kier molecular flexibility index (Phi) is 3.13. The summed E-state index contributed by atoms with van der Waals surface area (Å²) in [6, 6.07) is 0. The van der Waals surface area contributed by atoms with Gasteiger partial charge in [0.25, 0.3) is 0 Å². The maximum atomic E-state index is 5.79. The molecule has 1 rings (SSSR count). The Morgan fingerprint density at radius 1 is 1.42 bits per heavy atom. The number of nitrogens with two attached hydrogens (primary N) is 1. The van der Waals surface area contributed by atoms with Crippen LogP contribution < -0.4 is 5.73 Å². The first kappa shape index (κ1) is 10.0. The Bertz CT molecular complexity index is 139. The molecular weight excluding hydrogens is 150 g/mol. The van der Waals surface area contributed by atoms with Crippen LogP contribution in [-0.4, -0.2) is 18.8 Å². The third kappa shape index (κ3) is 1.64. The fraction of sp³-hybridized carbons (Fsp3) is 1.00. The molecule has 0 aromatic rings. The summed E-state index contributed by atoms with van der Waals surface area (Å²) in [5.74, 6) is 1.23. The lowest BCUT2D eigenvalue weighted by atomic mass is 9.79. The predicted molar refractivity (Wildman–Crippen MR) is 51.0 cm³/mol. The molecule has 0 saturated carbocycles. The van der Waals surface area contributed by atoms with E-state index in [1.165, 1.54) is 6.42 Å². The standard InChI is InChI=1S/C10H21NO/c1-8(2)9(3)10(7-11)5-4-6-12-10/h8-9H,4-7,11H2,1-3H3. The van der Waals surface area contributed by atoms with Gasteiger partial charge in [0.15, 0.2) is 0 Å². The highest BCUT2D eigenvalue weighted by Gasteiger charge is 2.40. The van der Waals surface area contributed by atoms with Crippen LogP contribution in [0.3, 0.4) is 0 Å². The first-order valence-corrected chi connectivity index (χ1v) is 4.96. The zero-order valence-electron chi connectivity index (χ0n) is 8.47. The van der Waals surface area contributed by atoms with E-state index in [4.69, 9.17) is 10.5 Å². The summed E-state index contributed by atoms with van der Waals surface area (Å²) in [5.41, 5.74) is 5.78. The molecular formula is C10H21NO. The Labute approximate surface area is 75.5 Å². The van der Waals surface area contributed by atoms with Crippen molar-refractivity contribution < 1.29 is 4.74 Å². The summed E-state index contributed by atoms with van der Waals surface area (Å²) >= 11 is 0. The fourth-order valence-electron chi connectivity index (χ4n) is 2.03. The first-order valence-electron chi connectivity index (χ1n) is 4.96. The summed E-state index contributed by atoms with van der Waals surface area (Å²) in [6.45, 7) is 8.30. The van der Waals surface area contributed by atoms with E-state index in [9.17, 15) is 0 Å². The molecule has 1 fully saturated rings. The van der Waals surface area contributed by atoms with Crippen LogP contribution in [-0.2, 0) is 4.74 Å². The molecule has 72 valence electrons. The molecule has 0 radical (unpaired) electrons. The Balaban J connectivity index is 2.65. The summed E-state index contributed by atoms with van der Waals surface area (Å²) in [5, 5.41) is 0. The third-order valence-electron chi connectivity index (χ3n) is 3.31. The van der Waals surface area contributed by atoms with Gasteiger partial charge in [0.2, 0.25) is 0 Å². The summed E-state index contributed by atoms with van der Waals surface area (Å²) < 4.78 is 5.79. The molecule has 0 bridgehead atoms. The van der Waals surface area contributed by atoms with Gasteiger partial charge in [-0.05, 0) is 24.7 Å². The lowest BCUT2D eigenvalue weighted by Crippen LogP contribution is -2.45. The van der Waals surface area contributed by atoms with Crippen molar-refractivity contribution in [1.29, 1.82) is 0 Å². The molecule has 1 aliphatic rings. The second-order valence-corrected chi connectivity index (χ2v) is 4.25. The van der Waals surface area contributed by atoms with E-state index >= 15 is 0 Å². The summed E-state index contributed by atoms with van der Waals surface area (Å²) in [6.07, 6.45) is 2.32. The molecule has 2 atom stereocenters. The molecule has 0 aromatic heterocycles. The van der Waals surface area contributed by atoms with Gasteiger partial charge in [0.1, 0.15) is 0 Å². The van der Waals surface area contributed by atoms with Gasteiger partial charge in [-0.1, -0.05) is 20.8 Å². The van der Waals surface area contributed by atoms with Gasteiger partial charge in [-0.25, -0.2) is 0 Å². The molecule has 0 aliphatic carbocycles. The van der Waals surface area contributed by atoms with Gasteiger partial charge < -0.3 is 10.5 Å². The zero-order chi connectivity index (χ0) is 9.19. The van der Waals surface area contributed by atoms with Gasteiger partial charge in [-0.2, -0.15) is 0 Å². The van der Waals surface area contributed by atoms with Gasteiger partial charge in [0.05, 0.1) is 5.60 Å². The normalized spacial score (nSPS) is 32.8. The van der Waals surface area contributed by atoms with Crippen LogP contribution in [0.2, 0.25) is 0 Å². The number of hydrogen-bond acceptors (Lipinski definition) is 2. The molecule has 0 aromatic carbocycles. The van der Waals surface area contributed by atoms with E-state index in [1.807, 2.05) is 0 Å². The van der Waals surface area contributed by atoms with E-state index in [0.29, 0.717) is 18.4 Å². The average Bonchev–Trinajstić information content (AvgIpc) is 2.52. The van der Waals surface area contributed by atoms with Crippen molar-refractivity contribution in [3.8, 4) is 0 Å². The van der Waals surface area contributed by atoms with E-state index in [2.05, 4.69) is 20.8 Å². The molecule has 0 spiro atoms. The van der Waals surface area contributed by atoms with Crippen molar-refractivity contribution in [2.45, 2.75) is 39.2 Å². The Morgan fingerprint density at radius 2 is 2.08 bits per heavy atom. The minimum absolute atomic E-state index is 0.00579. The van der Waals surface area contributed by atoms with E-state index in [0.717, 1.165) is 13.0 Å². The van der Waals surface area contributed by atoms with Gasteiger partial charge >= 0.3 is 0 Å². The summed E-state index contributed by atoms with van der Waals surface area (Å²) in [4.78, 5) is 0. The van der Waals surface area contributed by atoms with Crippen LogP contribution in [0.25, 0.3) is 0 Å². The number of ether oxygens (including phenoxy) is 1. The molecule has 0 amide bonds. The van der Waals surface area contributed by atoms with Crippen molar-refractivity contribution in [1.82, 2.24) is 0 Å². The van der Waals surface area contributed by atoms with Gasteiger partial charge in [0, 0.05) is 13.2 Å². The van der Waals surface area contributed by atoms with E-state index < -0.39 is 0 Å². The van der Waals surface area contributed by atoms with Crippen LogP contribution in [0, 0.1) is 11.8 Å². The lowest BCUT2D eigenvalue weighted by Gasteiger charge is -2.35. The molecule has 1 saturated heterocycles. The summed E-state index contributed by atoms with van der Waals surface area (Å²) in [7, 11) is 0. The quantitative estimate of drug-likeness (QED) is 0.702. The molecule has 1 heterocycles. The van der Waals surface area contributed by atoms with Crippen LogP contribution in [0.1, 0.15) is 33.6 Å². The van der Waals surface area contributed by atoms with Crippen molar-refractivity contribution in [3.63, 3.8) is 0 Å². The predicted octanol–water partition coefficient (Wildman–Crippen LogP) is 1.79. The highest BCUT2D eigenvalue weighted by atomic mass is 16.5. The molecule has 12 heavy (non-hydrogen) atoms. The molecule has 2 unspecified atom stereocenters. The minimum atomic E-state index is -0.00579. The Hall–Kier alpha value is -0.0800. The SMILES string of the molecule is CC(C)C(C)C1(CN)CCCO1. The highest BCUT2D eigenvalue weighted by Crippen LogP contribution is 2.35. The second kappa shape index (κ2) is 3.75. The Morgan fingerprint density at radius 3 is 2.42 bits per heavy atom. The molecule has 1 aliphatic heterocycles. The van der Waals surface area contributed by atoms with Crippen molar-refractivity contribution in [3.05, 3.63) is 0 Å². The number of hydrogen-bond donors (Lipinski definition) is 1. The topological polar surface area (TPSA) is 35.2 Å². The van der Waals surface area contributed by atoms with E-state index in [-0.39, 0.29) is 5.60 Å². The first-order chi connectivity index (χ1) is 5.62. The zero-order valence-corrected chi connectivity index (χ0v) is 8.47. The van der Waals surface area contributed by atoms with Crippen LogP contribution in [0.15, 0.2) is 0 Å². The smallest absolute Gasteiger partial charge is 0.0832 e. The maximum absolute atomic E-state index is 5.79. The second-order valence-electron chi connectivity index (χ2n) is 4.25.